The number of carbonyl (C=O) groups is 1. The first kappa shape index (κ1) is 16.8. The monoisotopic (exact) mass is 361 g/mol. The van der Waals surface area contributed by atoms with Gasteiger partial charge in [0, 0.05) is 0 Å². The number of esters is 1. The van der Waals surface area contributed by atoms with E-state index < -0.39 is 11.5 Å². The Kier molecular flexibility index (Phi) is 4.08. The van der Waals surface area contributed by atoms with Gasteiger partial charge in [-0.2, -0.15) is 0 Å². The highest BCUT2D eigenvalue weighted by atomic mass is 16.5. The van der Waals surface area contributed by atoms with Crippen molar-refractivity contribution < 1.29 is 13.9 Å². The van der Waals surface area contributed by atoms with Crippen molar-refractivity contribution in [1.29, 1.82) is 0 Å². The Hall–Kier alpha value is -3.67. The highest BCUT2D eigenvalue weighted by Gasteiger charge is 2.21. The fourth-order valence-corrected chi connectivity index (χ4v) is 3.02. The molecular formula is C21H15NO5. The maximum absolute atomic E-state index is 13.0. The molecule has 6 nitrogen and oxygen atoms in total. The number of rotatable bonds is 3. The highest BCUT2D eigenvalue weighted by molar-refractivity contribution is 5.95. The smallest absolute Gasteiger partial charge is 0.343 e. The van der Waals surface area contributed by atoms with Gasteiger partial charge in [0.15, 0.2) is 0 Å². The summed E-state index contributed by atoms with van der Waals surface area (Å²) in [6, 6.07) is 16.7. The van der Waals surface area contributed by atoms with E-state index in [1.807, 2.05) is 0 Å². The molecule has 0 aliphatic heterocycles. The number of nitrogens with zero attached hydrogens (tertiary/aromatic N) is 1. The van der Waals surface area contributed by atoms with Crippen LogP contribution in [-0.2, 0) is 4.74 Å². The molecule has 0 aliphatic rings. The molecular weight excluding hydrogens is 346 g/mol. The molecule has 0 amide bonds. The summed E-state index contributed by atoms with van der Waals surface area (Å²) in [5.41, 5.74) is -0.202. The lowest BCUT2D eigenvalue weighted by molar-refractivity contribution is 0.0524. The fourth-order valence-electron chi connectivity index (χ4n) is 3.02. The van der Waals surface area contributed by atoms with Crippen LogP contribution >= 0.6 is 0 Å². The van der Waals surface area contributed by atoms with Crippen LogP contribution in [0.1, 0.15) is 17.3 Å². The minimum absolute atomic E-state index is 0.0861. The number of hydrogen-bond donors (Lipinski definition) is 0. The summed E-state index contributed by atoms with van der Waals surface area (Å²) in [5.74, 6) is -0.776. The molecule has 0 saturated heterocycles. The van der Waals surface area contributed by atoms with Crippen molar-refractivity contribution in [2.24, 2.45) is 0 Å². The van der Waals surface area contributed by atoms with E-state index >= 15 is 0 Å². The van der Waals surface area contributed by atoms with E-state index in [0.717, 1.165) is 0 Å². The van der Waals surface area contributed by atoms with Crippen LogP contribution in [0.4, 0.5) is 0 Å². The van der Waals surface area contributed by atoms with Crippen LogP contribution in [-0.4, -0.2) is 17.1 Å². The SMILES string of the molecule is CCOC(=O)c1cc2c(=O)c3ccccc3oc2n(-c2ccccc2)c1=O. The third-order valence-electron chi connectivity index (χ3n) is 4.25. The third kappa shape index (κ3) is 2.71. The van der Waals surface area contributed by atoms with Gasteiger partial charge in [0.1, 0.15) is 11.1 Å². The van der Waals surface area contributed by atoms with E-state index in [2.05, 4.69) is 0 Å². The van der Waals surface area contributed by atoms with Crippen LogP contribution in [0.5, 0.6) is 0 Å². The molecule has 0 saturated carbocycles. The first-order valence-corrected chi connectivity index (χ1v) is 8.46. The van der Waals surface area contributed by atoms with Crippen LogP contribution in [0, 0.1) is 0 Å². The Morgan fingerprint density at radius 2 is 1.70 bits per heavy atom. The molecule has 2 aromatic heterocycles. The van der Waals surface area contributed by atoms with Crippen molar-refractivity contribution in [3.8, 4) is 5.69 Å². The van der Waals surface area contributed by atoms with Crippen LogP contribution in [0.2, 0.25) is 0 Å². The number of benzene rings is 2. The lowest BCUT2D eigenvalue weighted by Crippen LogP contribution is -2.28. The number of fused-ring (bicyclic) bond motifs is 2. The summed E-state index contributed by atoms with van der Waals surface area (Å²) in [6.45, 7) is 1.77. The molecule has 0 fully saturated rings. The van der Waals surface area contributed by atoms with Gasteiger partial charge in [-0.15, -0.1) is 0 Å². The van der Waals surface area contributed by atoms with E-state index in [4.69, 9.17) is 9.15 Å². The Morgan fingerprint density at radius 1 is 1.00 bits per heavy atom. The average molecular weight is 361 g/mol. The van der Waals surface area contributed by atoms with Crippen molar-refractivity contribution in [2.45, 2.75) is 6.92 Å². The molecule has 0 bridgehead atoms. The second-order valence-corrected chi connectivity index (χ2v) is 5.90. The topological polar surface area (TPSA) is 78.5 Å². The molecule has 0 unspecified atom stereocenters. The molecule has 2 aromatic carbocycles. The van der Waals surface area contributed by atoms with Crippen molar-refractivity contribution in [2.75, 3.05) is 6.61 Å². The molecule has 6 heteroatoms. The molecule has 4 rings (SSSR count). The van der Waals surface area contributed by atoms with Gasteiger partial charge in [-0.05, 0) is 37.3 Å². The minimum Gasteiger partial charge on any atom is -0.462 e. The van der Waals surface area contributed by atoms with Crippen molar-refractivity contribution in [3.05, 3.63) is 86.8 Å². The lowest BCUT2D eigenvalue weighted by atomic mass is 10.1. The van der Waals surface area contributed by atoms with Gasteiger partial charge in [-0.25, -0.2) is 9.36 Å². The van der Waals surface area contributed by atoms with Gasteiger partial charge in [0.2, 0.25) is 11.1 Å². The van der Waals surface area contributed by atoms with E-state index in [9.17, 15) is 14.4 Å². The van der Waals surface area contributed by atoms with Gasteiger partial charge in [0.25, 0.3) is 5.56 Å². The summed E-state index contributed by atoms with van der Waals surface area (Å²) < 4.78 is 12.1. The summed E-state index contributed by atoms with van der Waals surface area (Å²) >= 11 is 0. The fraction of sp³-hybridized carbons (Fsp3) is 0.0952. The summed E-state index contributed by atoms with van der Waals surface area (Å²) in [4.78, 5) is 38.3. The zero-order valence-electron chi connectivity index (χ0n) is 14.5. The molecule has 134 valence electrons. The standard InChI is InChI=1S/C21H15NO5/c1-2-26-21(25)16-12-15-18(23)14-10-6-7-11-17(14)27-20(15)22(19(16)24)13-8-4-3-5-9-13/h3-12H,2H2,1H3. The predicted octanol–water partition coefficient (Wildman–Crippen LogP) is 3.27. The first-order chi connectivity index (χ1) is 13.1. The Labute approximate surface area is 153 Å². The zero-order valence-corrected chi connectivity index (χ0v) is 14.5. The van der Waals surface area contributed by atoms with E-state index in [1.165, 1.54) is 10.6 Å². The predicted molar refractivity (Wildman–Crippen MR) is 102 cm³/mol. The van der Waals surface area contributed by atoms with Crippen LogP contribution < -0.4 is 11.0 Å². The van der Waals surface area contributed by atoms with E-state index in [1.54, 1.807) is 61.5 Å². The molecule has 0 radical (unpaired) electrons. The van der Waals surface area contributed by atoms with E-state index in [0.29, 0.717) is 16.7 Å². The number of aromatic nitrogens is 1. The Bertz CT molecular complexity index is 1290. The normalized spacial score (nSPS) is 11.0. The highest BCUT2D eigenvalue weighted by Crippen LogP contribution is 2.21. The first-order valence-electron chi connectivity index (χ1n) is 8.46. The number of ether oxygens (including phenoxy) is 1. The Morgan fingerprint density at radius 3 is 2.44 bits per heavy atom. The van der Waals surface area contributed by atoms with Crippen molar-refractivity contribution in [3.63, 3.8) is 0 Å². The minimum atomic E-state index is -0.776. The number of para-hydroxylation sites is 2. The van der Waals surface area contributed by atoms with Crippen molar-refractivity contribution >= 4 is 28.0 Å². The number of carbonyl (C=O) groups excluding carboxylic acids is 1. The maximum atomic E-state index is 13.0. The molecule has 0 N–H and O–H groups in total. The van der Waals surface area contributed by atoms with Gasteiger partial charge < -0.3 is 9.15 Å². The maximum Gasteiger partial charge on any atom is 0.343 e. The number of pyridine rings is 1. The molecule has 4 aromatic rings. The molecule has 0 aliphatic carbocycles. The van der Waals surface area contributed by atoms with Crippen LogP contribution in [0.15, 0.2) is 74.7 Å². The molecule has 27 heavy (non-hydrogen) atoms. The quantitative estimate of drug-likeness (QED) is 0.413. The Balaban J connectivity index is 2.20. The van der Waals surface area contributed by atoms with E-state index in [-0.39, 0.29) is 28.7 Å². The summed E-state index contributed by atoms with van der Waals surface area (Å²) in [5, 5.41) is 0.512. The van der Waals surface area contributed by atoms with Gasteiger partial charge in [0.05, 0.1) is 23.1 Å². The largest absolute Gasteiger partial charge is 0.462 e. The zero-order chi connectivity index (χ0) is 19.0. The van der Waals surface area contributed by atoms with Crippen LogP contribution in [0.3, 0.4) is 0 Å². The molecule has 0 atom stereocenters. The second kappa shape index (κ2) is 6.57. The molecule has 2 heterocycles. The third-order valence-corrected chi connectivity index (χ3v) is 4.25. The van der Waals surface area contributed by atoms with Crippen molar-refractivity contribution in [1.82, 2.24) is 4.57 Å². The van der Waals surface area contributed by atoms with Gasteiger partial charge in [-0.1, -0.05) is 30.3 Å². The van der Waals surface area contributed by atoms with Crippen LogP contribution in [0.25, 0.3) is 27.8 Å². The second-order valence-electron chi connectivity index (χ2n) is 5.90. The summed E-state index contributed by atoms with van der Waals surface area (Å²) in [6.07, 6.45) is 0. The summed E-state index contributed by atoms with van der Waals surface area (Å²) in [7, 11) is 0. The van der Waals surface area contributed by atoms with Gasteiger partial charge >= 0.3 is 5.97 Å². The number of hydrogen-bond acceptors (Lipinski definition) is 5. The lowest BCUT2D eigenvalue weighted by Gasteiger charge is -2.12. The average Bonchev–Trinajstić information content (AvgIpc) is 2.69. The molecule has 0 spiro atoms. The van der Waals surface area contributed by atoms with Gasteiger partial charge in [-0.3, -0.25) is 9.59 Å².